The van der Waals surface area contributed by atoms with Gasteiger partial charge in [-0.2, -0.15) is 0 Å². The molecule has 0 aliphatic rings. The third-order valence-corrected chi connectivity index (χ3v) is 3.14. The molecule has 3 nitrogen and oxygen atoms in total. The lowest BCUT2D eigenvalue weighted by Gasteiger charge is -2.07. The maximum absolute atomic E-state index is 11.8. The number of hydrogen-bond donors (Lipinski definition) is 2. The number of anilines is 1. The predicted molar refractivity (Wildman–Crippen MR) is 91.3 cm³/mol. The van der Waals surface area contributed by atoms with E-state index >= 15 is 0 Å². The van der Waals surface area contributed by atoms with E-state index in [1.807, 2.05) is 48.5 Å². The highest BCUT2D eigenvalue weighted by Gasteiger charge is 2.01. The largest absolute Gasteiger partial charge is 0.332 e. The fourth-order valence-corrected chi connectivity index (χ4v) is 2.03. The summed E-state index contributed by atoms with van der Waals surface area (Å²) in [6.07, 6.45) is 3.03. The first-order valence-electron chi connectivity index (χ1n) is 6.25. The van der Waals surface area contributed by atoms with Crippen molar-refractivity contribution >= 4 is 46.6 Å². The lowest BCUT2D eigenvalue weighted by atomic mass is 10.2. The van der Waals surface area contributed by atoms with Crippen LogP contribution < -0.4 is 10.6 Å². The zero-order valence-corrected chi connectivity index (χ0v) is 12.6. The SMILES string of the molecule is O=C(/C=C/c1ccccc1Cl)NC(=S)Nc1ccccc1. The van der Waals surface area contributed by atoms with Crippen LogP contribution in [-0.4, -0.2) is 11.0 Å². The van der Waals surface area contributed by atoms with E-state index in [2.05, 4.69) is 10.6 Å². The Balaban J connectivity index is 1.90. The Morgan fingerprint density at radius 3 is 2.43 bits per heavy atom. The summed E-state index contributed by atoms with van der Waals surface area (Å²) in [6.45, 7) is 0. The molecule has 0 saturated heterocycles. The summed E-state index contributed by atoms with van der Waals surface area (Å²) in [6, 6.07) is 16.7. The standard InChI is InChI=1S/C16H13ClN2OS/c17-14-9-5-4-6-12(14)10-11-15(20)19-16(21)18-13-7-2-1-3-8-13/h1-11H,(H2,18,19,20,21)/b11-10+. The molecule has 0 aromatic heterocycles. The number of benzene rings is 2. The molecule has 2 N–H and O–H groups in total. The van der Waals surface area contributed by atoms with E-state index in [9.17, 15) is 4.79 Å². The molecular weight excluding hydrogens is 304 g/mol. The fourth-order valence-electron chi connectivity index (χ4n) is 1.61. The summed E-state index contributed by atoms with van der Waals surface area (Å²) in [5.41, 5.74) is 1.59. The molecule has 0 spiro atoms. The average molecular weight is 317 g/mol. The molecule has 2 aromatic carbocycles. The molecule has 0 fully saturated rings. The Bertz CT molecular complexity index is 671. The smallest absolute Gasteiger partial charge is 0.250 e. The van der Waals surface area contributed by atoms with Gasteiger partial charge in [0.15, 0.2) is 5.11 Å². The van der Waals surface area contributed by atoms with E-state index < -0.39 is 0 Å². The lowest BCUT2D eigenvalue weighted by molar-refractivity contribution is -0.115. The van der Waals surface area contributed by atoms with E-state index in [-0.39, 0.29) is 11.0 Å². The summed E-state index contributed by atoms with van der Waals surface area (Å²) in [5, 5.41) is 6.33. The van der Waals surface area contributed by atoms with Crippen LogP contribution in [0.1, 0.15) is 5.56 Å². The second-order valence-electron chi connectivity index (χ2n) is 4.16. The van der Waals surface area contributed by atoms with Crippen molar-refractivity contribution in [2.75, 3.05) is 5.32 Å². The predicted octanol–water partition coefficient (Wildman–Crippen LogP) is 3.87. The molecule has 0 unspecified atom stereocenters. The highest BCUT2D eigenvalue weighted by atomic mass is 35.5. The Morgan fingerprint density at radius 2 is 1.71 bits per heavy atom. The number of para-hydroxylation sites is 1. The molecule has 0 aliphatic carbocycles. The summed E-state index contributed by atoms with van der Waals surface area (Å²) in [4.78, 5) is 11.8. The van der Waals surface area contributed by atoms with Crippen LogP contribution in [0.3, 0.4) is 0 Å². The molecule has 0 heterocycles. The molecule has 0 saturated carbocycles. The van der Waals surface area contributed by atoms with Crippen molar-refractivity contribution < 1.29 is 4.79 Å². The Morgan fingerprint density at radius 1 is 1.05 bits per heavy atom. The third-order valence-electron chi connectivity index (χ3n) is 2.59. The number of hydrogen-bond acceptors (Lipinski definition) is 2. The van der Waals surface area contributed by atoms with E-state index in [1.54, 1.807) is 12.1 Å². The van der Waals surface area contributed by atoms with Crippen LogP contribution >= 0.6 is 23.8 Å². The minimum Gasteiger partial charge on any atom is -0.332 e. The monoisotopic (exact) mass is 316 g/mol. The molecule has 0 radical (unpaired) electrons. The van der Waals surface area contributed by atoms with Gasteiger partial charge in [0.25, 0.3) is 0 Å². The van der Waals surface area contributed by atoms with Crippen molar-refractivity contribution in [3.63, 3.8) is 0 Å². The molecule has 5 heteroatoms. The van der Waals surface area contributed by atoms with Gasteiger partial charge < -0.3 is 5.32 Å². The summed E-state index contributed by atoms with van der Waals surface area (Å²) in [5.74, 6) is -0.316. The van der Waals surface area contributed by atoms with E-state index in [0.717, 1.165) is 11.3 Å². The average Bonchev–Trinajstić information content (AvgIpc) is 2.47. The molecular formula is C16H13ClN2OS. The Hall–Kier alpha value is -2.17. The van der Waals surface area contributed by atoms with Crippen molar-refractivity contribution in [2.45, 2.75) is 0 Å². The first-order valence-corrected chi connectivity index (χ1v) is 7.03. The topological polar surface area (TPSA) is 41.1 Å². The van der Waals surface area contributed by atoms with Gasteiger partial charge in [-0.05, 0) is 42.1 Å². The normalized spacial score (nSPS) is 10.3. The quantitative estimate of drug-likeness (QED) is 0.667. The van der Waals surface area contributed by atoms with E-state index in [1.165, 1.54) is 6.08 Å². The van der Waals surface area contributed by atoms with Gasteiger partial charge in [0.05, 0.1) is 0 Å². The van der Waals surface area contributed by atoms with Crippen molar-refractivity contribution in [2.24, 2.45) is 0 Å². The van der Waals surface area contributed by atoms with Crippen molar-refractivity contribution in [3.05, 3.63) is 71.3 Å². The number of carbonyl (C=O) groups is 1. The third kappa shape index (κ3) is 5.02. The van der Waals surface area contributed by atoms with Gasteiger partial charge in [0.1, 0.15) is 0 Å². The fraction of sp³-hybridized carbons (Fsp3) is 0. The first-order chi connectivity index (χ1) is 10.1. The van der Waals surface area contributed by atoms with Crippen LogP contribution in [0.15, 0.2) is 60.7 Å². The second-order valence-corrected chi connectivity index (χ2v) is 4.98. The van der Waals surface area contributed by atoms with Gasteiger partial charge in [0, 0.05) is 16.8 Å². The molecule has 2 rings (SSSR count). The highest BCUT2D eigenvalue weighted by Crippen LogP contribution is 2.16. The van der Waals surface area contributed by atoms with E-state index in [0.29, 0.717) is 5.02 Å². The number of carbonyl (C=O) groups excluding carboxylic acids is 1. The summed E-state index contributed by atoms with van der Waals surface area (Å²) in [7, 11) is 0. The van der Waals surface area contributed by atoms with Gasteiger partial charge in [0.2, 0.25) is 5.91 Å². The molecule has 1 amide bonds. The van der Waals surface area contributed by atoms with Gasteiger partial charge in [-0.15, -0.1) is 0 Å². The maximum atomic E-state index is 11.8. The van der Waals surface area contributed by atoms with Crippen LogP contribution in [0.5, 0.6) is 0 Å². The summed E-state index contributed by atoms with van der Waals surface area (Å²) < 4.78 is 0. The van der Waals surface area contributed by atoms with Crippen LogP contribution in [0.4, 0.5) is 5.69 Å². The second kappa shape index (κ2) is 7.57. The highest BCUT2D eigenvalue weighted by molar-refractivity contribution is 7.80. The molecule has 0 aliphatic heterocycles. The lowest BCUT2D eigenvalue weighted by Crippen LogP contribution is -2.32. The van der Waals surface area contributed by atoms with Gasteiger partial charge in [-0.25, -0.2) is 0 Å². The van der Waals surface area contributed by atoms with Gasteiger partial charge in [-0.1, -0.05) is 48.0 Å². The van der Waals surface area contributed by atoms with E-state index in [4.69, 9.17) is 23.8 Å². The maximum Gasteiger partial charge on any atom is 0.250 e. The number of thiocarbonyl (C=S) groups is 1. The molecule has 2 aromatic rings. The molecule has 0 atom stereocenters. The van der Waals surface area contributed by atoms with Crippen molar-refractivity contribution in [1.29, 1.82) is 0 Å². The van der Waals surface area contributed by atoms with Crippen LogP contribution in [0.25, 0.3) is 6.08 Å². The van der Waals surface area contributed by atoms with Crippen LogP contribution in [-0.2, 0) is 4.79 Å². The zero-order chi connectivity index (χ0) is 15.1. The number of halogens is 1. The van der Waals surface area contributed by atoms with Crippen molar-refractivity contribution in [3.8, 4) is 0 Å². The molecule has 21 heavy (non-hydrogen) atoms. The summed E-state index contributed by atoms with van der Waals surface area (Å²) >= 11 is 11.1. The molecule has 0 bridgehead atoms. The van der Waals surface area contributed by atoms with Gasteiger partial charge >= 0.3 is 0 Å². The van der Waals surface area contributed by atoms with Gasteiger partial charge in [-0.3, -0.25) is 10.1 Å². The molecule has 106 valence electrons. The van der Waals surface area contributed by atoms with Crippen molar-refractivity contribution in [1.82, 2.24) is 5.32 Å². The Kier molecular flexibility index (Phi) is 5.49. The number of nitrogens with one attached hydrogen (secondary N) is 2. The first kappa shape index (κ1) is 15.2. The minimum atomic E-state index is -0.316. The van der Waals surface area contributed by atoms with Crippen LogP contribution in [0, 0.1) is 0 Å². The minimum absolute atomic E-state index is 0.245. The number of amides is 1. The number of rotatable bonds is 3. The Labute approximate surface area is 133 Å². The van der Waals surface area contributed by atoms with Crippen LogP contribution in [0.2, 0.25) is 5.02 Å². The zero-order valence-electron chi connectivity index (χ0n) is 11.0.